The summed E-state index contributed by atoms with van der Waals surface area (Å²) in [5, 5.41) is 4.47. The lowest BCUT2D eigenvalue weighted by Crippen LogP contribution is -2.39. The summed E-state index contributed by atoms with van der Waals surface area (Å²) in [6.07, 6.45) is 4.05. The molecular formula is C24H36N6O2. The van der Waals surface area contributed by atoms with Crippen LogP contribution in [0.3, 0.4) is 0 Å². The van der Waals surface area contributed by atoms with Crippen molar-refractivity contribution in [1.82, 2.24) is 24.6 Å². The van der Waals surface area contributed by atoms with Crippen LogP contribution in [0.2, 0.25) is 0 Å². The molecular weight excluding hydrogens is 404 g/mol. The van der Waals surface area contributed by atoms with E-state index >= 15 is 0 Å². The van der Waals surface area contributed by atoms with Gasteiger partial charge in [-0.2, -0.15) is 5.10 Å². The molecule has 0 atom stereocenters. The minimum absolute atomic E-state index is 0.239. The van der Waals surface area contributed by atoms with Crippen molar-refractivity contribution in [2.45, 2.75) is 58.8 Å². The molecule has 8 nitrogen and oxygen atoms in total. The summed E-state index contributed by atoms with van der Waals surface area (Å²) in [5.41, 5.74) is 4.48. The zero-order chi connectivity index (χ0) is 22.7. The number of hydrogen-bond acceptors (Lipinski definition) is 6. The third-order valence-corrected chi connectivity index (χ3v) is 6.94. The van der Waals surface area contributed by atoms with E-state index in [1.165, 1.54) is 5.56 Å². The van der Waals surface area contributed by atoms with Crippen LogP contribution in [0.15, 0.2) is 6.07 Å². The first-order chi connectivity index (χ1) is 15.5. The molecule has 32 heavy (non-hydrogen) atoms. The van der Waals surface area contributed by atoms with Crippen LogP contribution in [0, 0.1) is 13.8 Å². The summed E-state index contributed by atoms with van der Waals surface area (Å²) < 4.78 is 7.39. The summed E-state index contributed by atoms with van der Waals surface area (Å²) >= 11 is 0. The topological polar surface area (TPSA) is 76.4 Å². The predicted octanol–water partition coefficient (Wildman–Crippen LogP) is 2.56. The van der Waals surface area contributed by atoms with Crippen molar-refractivity contribution in [3.8, 4) is 0 Å². The first-order valence-electron chi connectivity index (χ1n) is 11.9. The fourth-order valence-corrected chi connectivity index (χ4v) is 4.78. The second-order valence-corrected chi connectivity index (χ2v) is 8.96. The Morgan fingerprint density at radius 3 is 2.47 bits per heavy atom. The van der Waals surface area contributed by atoms with E-state index in [1.807, 2.05) is 23.6 Å². The molecule has 0 aliphatic carbocycles. The van der Waals surface area contributed by atoms with E-state index in [2.05, 4.69) is 29.9 Å². The third-order valence-electron chi connectivity index (χ3n) is 6.94. The van der Waals surface area contributed by atoms with Gasteiger partial charge in [-0.15, -0.1) is 0 Å². The lowest BCUT2D eigenvalue weighted by molar-refractivity contribution is -0.132. The Morgan fingerprint density at radius 2 is 1.84 bits per heavy atom. The molecule has 0 bridgehead atoms. The van der Waals surface area contributed by atoms with E-state index in [1.54, 1.807) is 0 Å². The van der Waals surface area contributed by atoms with Gasteiger partial charge >= 0.3 is 0 Å². The first-order valence-corrected chi connectivity index (χ1v) is 11.9. The second-order valence-electron chi connectivity index (χ2n) is 8.96. The number of morpholine rings is 1. The van der Waals surface area contributed by atoms with Crippen molar-refractivity contribution in [2.24, 2.45) is 7.05 Å². The van der Waals surface area contributed by atoms with Gasteiger partial charge < -0.3 is 14.5 Å². The van der Waals surface area contributed by atoms with Gasteiger partial charge in [0.05, 0.1) is 18.9 Å². The van der Waals surface area contributed by atoms with Crippen LogP contribution in [0.1, 0.15) is 60.6 Å². The number of rotatable bonds is 6. The zero-order valence-corrected chi connectivity index (χ0v) is 19.9. The van der Waals surface area contributed by atoms with E-state index in [-0.39, 0.29) is 5.91 Å². The van der Waals surface area contributed by atoms with Crippen molar-refractivity contribution in [1.29, 1.82) is 0 Å². The van der Waals surface area contributed by atoms with Gasteiger partial charge in [-0.25, -0.2) is 9.97 Å². The monoisotopic (exact) mass is 440 g/mol. The van der Waals surface area contributed by atoms with Gasteiger partial charge in [-0.05, 0) is 45.1 Å². The van der Waals surface area contributed by atoms with E-state index in [0.29, 0.717) is 12.3 Å². The molecule has 8 heteroatoms. The van der Waals surface area contributed by atoms with Gasteiger partial charge in [0, 0.05) is 63.0 Å². The van der Waals surface area contributed by atoms with Gasteiger partial charge in [0.15, 0.2) is 0 Å². The van der Waals surface area contributed by atoms with Crippen LogP contribution < -0.4 is 4.90 Å². The van der Waals surface area contributed by atoms with E-state index in [9.17, 15) is 4.79 Å². The maximum absolute atomic E-state index is 12.9. The average Bonchev–Trinajstić information content (AvgIpc) is 3.08. The minimum atomic E-state index is 0.239. The molecule has 0 radical (unpaired) electrons. The number of anilines is 1. The number of carbonyl (C=O) groups is 1. The largest absolute Gasteiger partial charge is 0.378 e. The van der Waals surface area contributed by atoms with Crippen molar-refractivity contribution in [2.75, 3.05) is 44.3 Å². The Morgan fingerprint density at radius 1 is 1.12 bits per heavy atom. The van der Waals surface area contributed by atoms with Gasteiger partial charge in [0.25, 0.3) is 0 Å². The highest BCUT2D eigenvalue weighted by Gasteiger charge is 2.27. The van der Waals surface area contributed by atoms with Crippen molar-refractivity contribution >= 4 is 11.7 Å². The molecule has 0 unspecified atom stereocenters. The molecule has 2 aliphatic rings. The van der Waals surface area contributed by atoms with Crippen LogP contribution >= 0.6 is 0 Å². The lowest BCUT2D eigenvalue weighted by Gasteiger charge is -2.32. The Labute approximate surface area is 191 Å². The summed E-state index contributed by atoms with van der Waals surface area (Å²) in [4.78, 5) is 27.0. The fraction of sp³-hybridized carbons (Fsp3) is 0.667. The smallest absolute Gasteiger partial charge is 0.222 e. The van der Waals surface area contributed by atoms with Crippen LogP contribution in [-0.4, -0.2) is 69.9 Å². The number of aryl methyl sites for hydroxylation is 3. The molecule has 0 N–H and O–H groups in total. The van der Waals surface area contributed by atoms with Crippen molar-refractivity contribution in [3.05, 3.63) is 34.5 Å². The highest BCUT2D eigenvalue weighted by Crippen LogP contribution is 2.28. The molecule has 0 aromatic carbocycles. The Balaban J connectivity index is 1.36. The molecule has 2 aliphatic heterocycles. The average molecular weight is 441 g/mol. The first kappa shape index (κ1) is 22.7. The number of carbonyl (C=O) groups excluding carboxylic acids is 1. The number of hydrogen-bond donors (Lipinski definition) is 0. The third kappa shape index (κ3) is 4.95. The Hall–Kier alpha value is -2.48. The molecule has 4 heterocycles. The number of nitrogens with zero attached hydrogens (tertiary/aromatic N) is 6. The second kappa shape index (κ2) is 9.98. The van der Waals surface area contributed by atoms with E-state index < -0.39 is 0 Å². The van der Waals surface area contributed by atoms with Crippen molar-refractivity contribution < 1.29 is 9.53 Å². The van der Waals surface area contributed by atoms with Crippen LogP contribution in [0.4, 0.5) is 5.82 Å². The van der Waals surface area contributed by atoms with Crippen LogP contribution in [0.25, 0.3) is 0 Å². The number of amides is 1. The van der Waals surface area contributed by atoms with E-state index in [4.69, 9.17) is 14.7 Å². The molecule has 174 valence electrons. The van der Waals surface area contributed by atoms with Gasteiger partial charge in [0.2, 0.25) is 5.91 Å². The number of aromatic nitrogens is 4. The molecule has 2 aromatic rings. The fourth-order valence-electron chi connectivity index (χ4n) is 4.78. The van der Waals surface area contributed by atoms with Gasteiger partial charge in [0.1, 0.15) is 11.6 Å². The molecule has 2 fully saturated rings. The number of likely N-dealkylation sites (tertiary alicyclic amines) is 1. The van der Waals surface area contributed by atoms with Crippen molar-refractivity contribution in [3.63, 3.8) is 0 Å². The highest BCUT2D eigenvalue weighted by atomic mass is 16.5. The van der Waals surface area contributed by atoms with Gasteiger partial charge in [-0.1, -0.05) is 6.92 Å². The zero-order valence-electron chi connectivity index (χ0n) is 19.9. The number of piperidine rings is 1. The molecule has 0 spiro atoms. The lowest BCUT2D eigenvalue weighted by atomic mass is 9.95. The summed E-state index contributed by atoms with van der Waals surface area (Å²) in [7, 11) is 1.96. The maximum Gasteiger partial charge on any atom is 0.222 e. The standard InChI is InChI=1S/C24H36N6O2/c1-5-20-16-22(29-12-14-32-15-13-29)26-24(25-20)19-8-10-30(11-9-19)23(31)7-6-21-17(2)27-28(4)18(21)3/h16,19H,5-15H2,1-4H3. The Bertz CT molecular complexity index is 942. The molecule has 0 saturated carbocycles. The summed E-state index contributed by atoms with van der Waals surface area (Å²) in [5.74, 6) is 2.52. The number of ether oxygens (including phenoxy) is 1. The quantitative estimate of drug-likeness (QED) is 0.687. The summed E-state index contributed by atoms with van der Waals surface area (Å²) in [6.45, 7) is 11.0. The molecule has 2 saturated heterocycles. The SMILES string of the molecule is CCc1cc(N2CCOCC2)nc(C2CCN(C(=O)CCc3c(C)nn(C)c3C)CC2)n1. The Kier molecular flexibility index (Phi) is 7.08. The van der Waals surface area contributed by atoms with Crippen LogP contribution in [-0.2, 0) is 29.4 Å². The van der Waals surface area contributed by atoms with Gasteiger partial charge in [-0.3, -0.25) is 9.48 Å². The summed E-state index contributed by atoms with van der Waals surface area (Å²) in [6, 6.07) is 2.12. The predicted molar refractivity (Wildman–Crippen MR) is 124 cm³/mol. The molecule has 4 rings (SSSR count). The maximum atomic E-state index is 12.9. The minimum Gasteiger partial charge on any atom is -0.378 e. The highest BCUT2D eigenvalue weighted by molar-refractivity contribution is 5.76. The normalized spacial score (nSPS) is 17.8. The van der Waals surface area contributed by atoms with E-state index in [0.717, 1.165) is 93.8 Å². The molecule has 2 aromatic heterocycles. The molecule has 1 amide bonds. The van der Waals surface area contributed by atoms with Crippen LogP contribution in [0.5, 0.6) is 0 Å².